The Labute approximate surface area is 178 Å². The molecule has 3 rings (SSSR count). The maximum atomic E-state index is 12.3. The molecule has 1 atom stereocenters. The summed E-state index contributed by atoms with van der Waals surface area (Å²) < 4.78 is 10.6. The summed E-state index contributed by atoms with van der Waals surface area (Å²) in [6.45, 7) is 2.17. The van der Waals surface area contributed by atoms with E-state index in [1.807, 2.05) is 54.8 Å². The van der Waals surface area contributed by atoms with Crippen molar-refractivity contribution in [3.63, 3.8) is 0 Å². The minimum absolute atomic E-state index is 0.0247. The number of carbonyl (C=O) groups excluding carboxylic acids is 1. The van der Waals surface area contributed by atoms with Crippen LogP contribution in [0.2, 0.25) is 5.02 Å². The number of thiazole rings is 1. The lowest BCUT2D eigenvalue weighted by Gasteiger charge is -2.13. The maximum Gasteiger partial charge on any atom is 0.240 e. The van der Waals surface area contributed by atoms with E-state index in [0.717, 1.165) is 16.8 Å². The second-order valence-corrected chi connectivity index (χ2v) is 7.60. The van der Waals surface area contributed by atoms with E-state index >= 15 is 0 Å². The molecule has 6 nitrogen and oxygen atoms in total. The van der Waals surface area contributed by atoms with E-state index in [4.69, 9.17) is 21.1 Å². The van der Waals surface area contributed by atoms with Gasteiger partial charge in [-0.25, -0.2) is 4.98 Å². The quantitative estimate of drug-likeness (QED) is 0.537. The molecule has 0 aliphatic carbocycles. The van der Waals surface area contributed by atoms with Crippen molar-refractivity contribution >= 4 is 34.0 Å². The molecule has 0 fully saturated rings. The van der Waals surface area contributed by atoms with Gasteiger partial charge >= 0.3 is 0 Å². The van der Waals surface area contributed by atoms with Crippen molar-refractivity contribution in [3.05, 3.63) is 58.4 Å². The predicted octanol–water partition coefficient (Wildman–Crippen LogP) is 4.77. The number of aromatic nitrogens is 1. The molecule has 0 unspecified atom stereocenters. The van der Waals surface area contributed by atoms with Crippen LogP contribution in [0.15, 0.2) is 47.8 Å². The second-order valence-electron chi connectivity index (χ2n) is 6.31. The van der Waals surface area contributed by atoms with E-state index in [9.17, 15) is 4.79 Å². The first kappa shape index (κ1) is 21.1. The summed E-state index contributed by atoms with van der Waals surface area (Å²) in [5.41, 5.74) is 2.70. The van der Waals surface area contributed by atoms with Gasteiger partial charge in [0.15, 0.2) is 16.6 Å². The van der Waals surface area contributed by atoms with E-state index in [1.54, 1.807) is 14.2 Å². The number of anilines is 1. The molecule has 0 saturated heterocycles. The number of carbonyl (C=O) groups is 1. The average molecular weight is 432 g/mol. The van der Waals surface area contributed by atoms with Gasteiger partial charge in [0.2, 0.25) is 5.91 Å². The summed E-state index contributed by atoms with van der Waals surface area (Å²) in [6, 6.07) is 13.2. The number of amides is 1. The van der Waals surface area contributed by atoms with E-state index in [2.05, 4.69) is 15.6 Å². The first-order chi connectivity index (χ1) is 14.0. The zero-order valence-electron chi connectivity index (χ0n) is 16.4. The van der Waals surface area contributed by atoms with Gasteiger partial charge in [-0.15, -0.1) is 11.3 Å². The lowest BCUT2D eigenvalue weighted by Crippen LogP contribution is -2.30. The summed E-state index contributed by atoms with van der Waals surface area (Å²) in [5.74, 6) is 1.13. The fraction of sp³-hybridized carbons (Fsp3) is 0.238. The Morgan fingerprint density at radius 1 is 1.14 bits per heavy atom. The molecule has 1 aromatic heterocycles. The van der Waals surface area contributed by atoms with Crippen LogP contribution in [-0.4, -0.2) is 31.7 Å². The van der Waals surface area contributed by atoms with Crippen LogP contribution in [0.3, 0.4) is 0 Å². The van der Waals surface area contributed by atoms with Crippen LogP contribution < -0.4 is 20.1 Å². The van der Waals surface area contributed by atoms with Gasteiger partial charge < -0.3 is 20.1 Å². The van der Waals surface area contributed by atoms with Gasteiger partial charge in [-0.05, 0) is 42.8 Å². The zero-order valence-corrected chi connectivity index (χ0v) is 17.9. The Balaban J connectivity index is 1.58. The number of halogens is 1. The van der Waals surface area contributed by atoms with Crippen molar-refractivity contribution in [2.75, 3.05) is 26.1 Å². The number of benzene rings is 2. The van der Waals surface area contributed by atoms with Gasteiger partial charge in [-0.1, -0.05) is 23.7 Å². The van der Waals surface area contributed by atoms with Crippen LogP contribution in [0.5, 0.6) is 11.5 Å². The van der Waals surface area contributed by atoms with Gasteiger partial charge in [0.25, 0.3) is 0 Å². The third-order valence-corrected chi connectivity index (χ3v) is 5.38. The zero-order chi connectivity index (χ0) is 20.8. The molecule has 29 heavy (non-hydrogen) atoms. The predicted molar refractivity (Wildman–Crippen MR) is 117 cm³/mol. The molecule has 1 heterocycles. The highest BCUT2D eigenvalue weighted by Gasteiger charge is 2.12. The molecule has 0 saturated carbocycles. The van der Waals surface area contributed by atoms with Crippen molar-refractivity contribution in [1.29, 1.82) is 0 Å². The molecule has 1 amide bonds. The molecule has 152 valence electrons. The van der Waals surface area contributed by atoms with Crippen molar-refractivity contribution in [3.8, 4) is 22.8 Å². The molecule has 0 spiro atoms. The number of rotatable bonds is 8. The molecule has 2 aromatic carbocycles. The Hall–Kier alpha value is -2.61. The Kier molecular flexibility index (Phi) is 7.09. The number of ether oxygens (including phenoxy) is 2. The van der Waals surface area contributed by atoms with E-state index < -0.39 is 0 Å². The van der Waals surface area contributed by atoms with Gasteiger partial charge in [-0.3, -0.25) is 4.79 Å². The Morgan fingerprint density at radius 2 is 1.86 bits per heavy atom. The summed E-state index contributed by atoms with van der Waals surface area (Å²) in [5, 5.41) is 9.14. The molecule has 0 aliphatic rings. The molecule has 2 N–H and O–H groups in total. The highest BCUT2D eigenvalue weighted by molar-refractivity contribution is 7.14. The van der Waals surface area contributed by atoms with Gasteiger partial charge in [0.1, 0.15) is 0 Å². The smallest absolute Gasteiger partial charge is 0.240 e. The standard InChI is InChI=1S/C21H22ClN3O3S/c1-13(14-4-7-16(22)8-5-14)23-11-20(26)25-21-24-17(12-29-21)15-6-9-18(27-2)19(10-15)28-3/h4-10,12-13,23H,11H2,1-3H3,(H,24,25,26)/t13-/m0/s1. The van der Waals surface area contributed by atoms with Gasteiger partial charge in [0, 0.05) is 22.0 Å². The van der Waals surface area contributed by atoms with Crippen molar-refractivity contribution in [1.82, 2.24) is 10.3 Å². The van der Waals surface area contributed by atoms with Gasteiger partial charge in [-0.2, -0.15) is 0 Å². The van der Waals surface area contributed by atoms with Crippen LogP contribution >= 0.6 is 22.9 Å². The first-order valence-electron chi connectivity index (χ1n) is 8.96. The number of methoxy groups -OCH3 is 2. The third-order valence-electron chi connectivity index (χ3n) is 4.37. The van der Waals surface area contributed by atoms with Crippen LogP contribution in [0.1, 0.15) is 18.5 Å². The SMILES string of the molecule is COc1ccc(-c2csc(NC(=O)CN[C@@H](C)c3ccc(Cl)cc3)n2)cc1OC. The lowest BCUT2D eigenvalue weighted by atomic mass is 10.1. The highest BCUT2D eigenvalue weighted by Crippen LogP contribution is 2.33. The minimum Gasteiger partial charge on any atom is -0.493 e. The number of hydrogen-bond acceptors (Lipinski definition) is 6. The monoisotopic (exact) mass is 431 g/mol. The van der Waals surface area contributed by atoms with E-state index in [0.29, 0.717) is 21.7 Å². The van der Waals surface area contributed by atoms with E-state index in [1.165, 1.54) is 11.3 Å². The van der Waals surface area contributed by atoms with Crippen LogP contribution in [-0.2, 0) is 4.79 Å². The molecule has 8 heteroatoms. The fourth-order valence-electron chi connectivity index (χ4n) is 2.74. The number of hydrogen-bond donors (Lipinski definition) is 2. The largest absolute Gasteiger partial charge is 0.493 e. The van der Waals surface area contributed by atoms with Crippen molar-refractivity contribution < 1.29 is 14.3 Å². The minimum atomic E-state index is -0.154. The summed E-state index contributed by atoms with van der Waals surface area (Å²) in [4.78, 5) is 16.8. The average Bonchev–Trinajstić information content (AvgIpc) is 3.20. The topological polar surface area (TPSA) is 72.5 Å². The third kappa shape index (κ3) is 5.47. The molecular formula is C21H22ClN3O3S. The lowest BCUT2D eigenvalue weighted by molar-refractivity contribution is -0.115. The fourth-order valence-corrected chi connectivity index (χ4v) is 3.60. The summed E-state index contributed by atoms with van der Waals surface area (Å²) in [7, 11) is 3.18. The van der Waals surface area contributed by atoms with Crippen LogP contribution in [0.25, 0.3) is 11.3 Å². The Bertz CT molecular complexity index is 976. The molecule has 0 radical (unpaired) electrons. The van der Waals surface area contributed by atoms with Crippen molar-refractivity contribution in [2.45, 2.75) is 13.0 Å². The van der Waals surface area contributed by atoms with Crippen LogP contribution in [0, 0.1) is 0 Å². The molecule has 0 bridgehead atoms. The number of nitrogens with zero attached hydrogens (tertiary/aromatic N) is 1. The normalized spacial score (nSPS) is 11.7. The summed E-state index contributed by atoms with van der Waals surface area (Å²) >= 11 is 7.28. The summed E-state index contributed by atoms with van der Waals surface area (Å²) in [6.07, 6.45) is 0. The van der Waals surface area contributed by atoms with E-state index in [-0.39, 0.29) is 18.5 Å². The molecule has 3 aromatic rings. The first-order valence-corrected chi connectivity index (χ1v) is 10.2. The Morgan fingerprint density at radius 3 is 2.55 bits per heavy atom. The van der Waals surface area contributed by atoms with Gasteiger partial charge in [0.05, 0.1) is 26.5 Å². The van der Waals surface area contributed by atoms with Crippen molar-refractivity contribution in [2.24, 2.45) is 0 Å². The van der Waals surface area contributed by atoms with Crippen LogP contribution in [0.4, 0.5) is 5.13 Å². The number of nitrogens with one attached hydrogen (secondary N) is 2. The second kappa shape index (κ2) is 9.73. The molecular weight excluding hydrogens is 410 g/mol. The maximum absolute atomic E-state index is 12.3. The molecule has 0 aliphatic heterocycles. The highest BCUT2D eigenvalue weighted by atomic mass is 35.5.